The van der Waals surface area contributed by atoms with Crippen LogP contribution >= 0.6 is 0 Å². The molecule has 2 fully saturated rings. The number of methoxy groups -OCH3 is 1. The zero-order chi connectivity index (χ0) is 20.5. The quantitative estimate of drug-likeness (QED) is 0.577. The lowest BCUT2D eigenvalue weighted by molar-refractivity contribution is 0.0515. The van der Waals surface area contributed by atoms with Gasteiger partial charge in [0.15, 0.2) is 5.58 Å². The standard InChI is InChI=1S/C24H26N2O4/c1-28-19-5-2-4-17(12-19)23-25-21-10-9-18(13-22(21)30-23)24(27)26(14-16-7-8-16)15-20-6-3-11-29-20/h2,4-5,9-10,12-13,16,20H,3,6-8,11,14-15H2,1H3/t20-/m1/s1. The molecule has 5 rings (SSSR count). The average molecular weight is 406 g/mol. The Balaban J connectivity index is 1.40. The molecular weight excluding hydrogens is 380 g/mol. The Labute approximate surface area is 175 Å². The summed E-state index contributed by atoms with van der Waals surface area (Å²) in [5.74, 6) is 1.93. The van der Waals surface area contributed by atoms with Gasteiger partial charge in [-0.25, -0.2) is 4.98 Å². The van der Waals surface area contributed by atoms with Crippen molar-refractivity contribution in [3.8, 4) is 17.2 Å². The molecule has 1 aliphatic carbocycles. The molecule has 0 unspecified atom stereocenters. The van der Waals surface area contributed by atoms with E-state index < -0.39 is 0 Å². The maximum absolute atomic E-state index is 13.3. The Morgan fingerprint density at radius 1 is 1.17 bits per heavy atom. The van der Waals surface area contributed by atoms with E-state index >= 15 is 0 Å². The van der Waals surface area contributed by atoms with Crippen molar-refractivity contribution < 1.29 is 18.7 Å². The third kappa shape index (κ3) is 4.05. The first-order chi connectivity index (χ1) is 14.7. The van der Waals surface area contributed by atoms with Crippen LogP contribution in [0.5, 0.6) is 5.75 Å². The van der Waals surface area contributed by atoms with Crippen LogP contribution in [-0.2, 0) is 4.74 Å². The van der Waals surface area contributed by atoms with Crippen molar-refractivity contribution in [3.05, 3.63) is 48.0 Å². The second-order valence-corrected chi connectivity index (χ2v) is 8.22. The van der Waals surface area contributed by atoms with Crippen LogP contribution in [0.15, 0.2) is 46.9 Å². The molecule has 0 spiro atoms. The van der Waals surface area contributed by atoms with Crippen LogP contribution in [0.3, 0.4) is 0 Å². The Bertz CT molecular complexity index is 1050. The summed E-state index contributed by atoms with van der Waals surface area (Å²) < 4.78 is 17.1. The number of carbonyl (C=O) groups excluding carboxylic acids is 1. The van der Waals surface area contributed by atoms with E-state index in [0.29, 0.717) is 29.5 Å². The van der Waals surface area contributed by atoms with Gasteiger partial charge in [0.2, 0.25) is 5.89 Å². The van der Waals surface area contributed by atoms with Crippen molar-refractivity contribution in [1.82, 2.24) is 9.88 Å². The monoisotopic (exact) mass is 406 g/mol. The first-order valence-electron chi connectivity index (χ1n) is 10.7. The number of amides is 1. The summed E-state index contributed by atoms with van der Waals surface area (Å²) in [5.41, 5.74) is 2.82. The van der Waals surface area contributed by atoms with Gasteiger partial charge in [0, 0.05) is 30.8 Å². The number of carbonyl (C=O) groups is 1. The van der Waals surface area contributed by atoms with Crippen molar-refractivity contribution in [1.29, 1.82) is 0 Å². The molecule has 1 amide bonds. The molecular formula is C24H26N2O4. The fraction of sp³-hybridized carbons (Fsp3) is 0.417. The highest BCUT2D eigenvalue weighted by atomic mass is 16.5. The van der Waals surface area contributed by atoms with Gasteiger partial charge in [0.25, 0.3) is 5.91 Å². The van der Waals surface area contributed by atoms with Gasteiger partial charge in [-0.05, 0) is 68.0 Å². The van der Waals surface area contributed by atoms with E-state index in [1.54, 1.807) is 7.11 Å². The maximum atomic E-state index is 13.3. The molecule has 0 N–H and O–H groups in total. The summed E-state index contributed by atoms with van der Waals surface area (Å²) in [6, 6.07) is 13.1. The highest BCUT2D eigenvalue weighted by Gasteiger charge is 2.30. The highest BCUT2D eigenvalue weighted by Crippen LogP contribution is 2.31. The number of nitrogens with zero attached hydrogens (tertiary/aromatic N) is 2. The second-order valence-electron chi connectivity index (χ2n) is 8.22. The lowest BCUT2D eigenvalue weighted by Gasteiger charge is -2.25. The molecule has 6 nitrogen and oxygen atoms in total. The molecule has 1 aliphatic heterocycles. The predicted octanol–water partition coefficient (Wildman–Crippen LogP) is 4.53. The normalized spacial score (nSPS) is 18.6. The summed E-state index contributed by atoms with van der Waals surface area (Å²) >= 11 is 0. The summed E-state index contributed by atoms with van der Waals surface area (Å²) in [7, 11) is 1.63. The van der Waals surface area contributed by atoms with E-state index in [2.05, 4.69) is 4.98 Å². The zero-order valence-corrected chi connectivity index (χ0v) is 17.2. The molecule has 0 radical (unpaired) electrons. The van der Waals surface area contributed by atoms with Crippen LogP contribution < -0.4 is 4.74 Å². The third-order valence-electron chi connectivity index (χ3n) is 5.86. The molecule has 30 heavy (non-hydrogen) atoms. The number of oxazole rings is 1. The van der Waals surface area contributed by atoms with Crippen molar-refractivity contribution in [2.45, 2.75) is 31.8 Å². The Morgan fingerprint density at radius 2 is 2.07 bits per heavy atom. The van der Waals surface area contributed by atoms with Crippen LogP contribution in [-0.4, -0.2) is 48.7 Å². The van der Waals surface area contributed by atoms with Gasteiger partial charge < -0.3 is 18.8 Å². The number of rotatable bonds is 7. The molecule has 2 aromatic carbocycles. The Morgan fingerprint density at radius 3 is 2.83 bits per heavy atom. The van der Waals surface area contributed by atoms with Crippen LogP contribution in [0, 0.1) is 5.92 Å². The van der Waals surface area contributed by atoms with Crippen LogP contribution in [0.2, 0.25) is 0 Å². The first kappa shape index (κ1) is 19.1. The van der Waals surface area contributed by atoms with Crippen LogP contribution in [0.1, 0.15) is 36.0 Å². The molecule has 6 heteroatoms. The number of fused-ring (bicyclic) bond motifs is 1. The van der Waals surface area contributed by atoms with E-state index in [9.17, 15) is 4.79 Å². The van der Waals surface area contributed by atoms with Crippen molar-refractivity contribution in [2.75, 3.05) is 26.8 Å². The van der Waals surface area contributed by atoms with E-state index in [4.69, 9.17) is 13.9 Å². The fourth-order valence-electron chi connectivity index (χ4n) is 4.01. The van der Waals surface area contributed by atoms with Gasteiger partial charge >= 0.3 is 0 Å². The van der Waals surface area contributed by atoms with Crippen molar-refractivity contribution in [3.63, 3.8) is 0 Å². The smallest absolute Gasteiger partial charge is 0.254 e. The zero-order valence-electron chi connectivity index (χ0n) is 17.2. The summed E-state index contributed by atoms with van der Waals surface area (Å²) in [5, 5.41) is 0. The summed E-state index contributed by atoms with van der Waals surface area (Å²) in [6.45, 7) is 2.27. The molecule has 156 valence electrons. The SMILES string of the molecule is COc1cccc(-c2nc3ccc(C(=O)N(CC4CC4)C[C@H]4CCCO4)cc3o2)c1. The minimum absolute atomic E-state index is 0.0404. The minimum Gasteiger partial charge on any atom is -0.497 e. The van der Waals surface area contributed by atoms with Crippen LogP contribution in [0.4, 0.5) is 0 Å². The van der Waals surface area contributed by atoms with E-state index in [1.807, 2.05) is 47.4 Å². The molecule has 1 saturated heterocycles. The lowest BCUT2D eigenvalue weighted by atomic mass is 10.1. The first-order valence-corrected chi connectivity index (χ1v) is 10.7. The van der Waals surface area contributed by atoms with E-state index in [1.165, 1.54) is 12.8 Å². The maximum Gasteiger partial charge on any atom is 0.254 e. The van der Waals surface area contributed by atoms with E-state index in [0.717, 1.165) is 42.8 Å². The van der Waals surface area contributed by atoms with Gasteiger partial charge in [-0.2, -0.15) is 0 Å². The third-order valence-corrected chi connectivity index (χ3v) is 5.86. The van der Waals surface area contributed by atoms with Gasteiger partial charge in [-0.3, -0.25) is 4.79 Å². The molecule has 3 aromatic rings. The van der Waals surface area contributed by atoms with E-state index in [-0.39, 0.29) is 12.0 Å². The van der Waals surface area contributed by atoms with Gasteiger partial charge in [0.05, 0.1) is 13.2 Å². The lowest BCUT2D eigenvalue weighted by Crippen LogP contribution is -2.38. The fourth-order valence-corrected chi connectivity index (χ4v) is 4.01. The minimum atomic E-state index is 0.0404. The summed E-state index contributed by atoms with van der Waals surface area (Å²) in [4.78, 5) is 19.8. The highest BCUT2D eigenvalue weighted by molar-refractivity contribution is 5.97. The topological polar surface area (TPSA) is 64.8 Å². The predicted molar refractivity (Wildman–Crippen MR) is 114 cm³/mol. The number of ether oxygens (including phenoxy) is 2. The summed E-state index contributed by atoms with van der Waals surface area (Å²) in [6.07, 6.45) is 4.68. The molecule has 0 bridgehead atoms. The number of aromatic nitrogens is 1. The number of benzene rings is 2. The van der Waals surface area contributed by atoms with Crippen molar-refractivity contribution in [2.24, 2.45) is 5.92 Å². The van der Waals surface area contributed by atoms with Gasteiger partial charge in [-0.15, -0.1) is 0 Å². The Hall–Kier alpha value is -2.86. The van der Waals surface area contributed by atoms with Gasteiger partial charge in [-0.1, -0.05) is 6.07 Å². The largest absolute Gasteiger partial charge is 0.497 e. The average Bonchev–Trinajstić information content (AvgIpc) is 3.26. The molecule has 2 aliphatic rings. The second kappa shape index (κ2) is 8.11. The Kier molecular flexibility index (Phi) is 5.17. The van der Waals surface area contributed by atoms with Crippen LogP contribution in [0.25, 0.3) is 22.6 Å². The molecule has 1 aromatic heterocycles. The van der Waals surface area contributed by atoms with Crippen molar-refractivity contribution >= 4 is 17.0 Å². The number of hydrogen-bond donors (Lipinski definition) is 0. The van der Waals surface area contributed by atoms with Gasteiger partial charge in [0.1, 0.15) is 11.3 Å². The molecule has 1 saturated carbocycles. The molecule has 1 atom stereocenters. The molecule has 2 heterocycles. The number of hydrogen-bond acceptors (Lipinski definition) is 5.